The molecule has 4 nitrogen and oxygen atoms in total. The molecular formula is C17H19N3O. The van der Waals surface area contributed by atoms with Gasteiger partial charge in [-0.2, -0.15) is 0 Å². The fourth-order valence-corrected chi connectivity index (χ4v) is 2.56. The summed E-state index contributed by atoms with van der Waals surface area (Å²) in [5.41, 5.74) is 4.54. The summed E-state index contributed by atoms with van der Waals surface area (Å²) in [4.78, 5) is 16.5. The number of carbonyl (C=O) groups is 1. The van der Waals surface area contributed by atoms with Gasteiger partial charge in [-0.25, -0.2) is 0 Å². The fraction of sp³-hybridized carbons (Fsp3) is 0.294. The van der Waals surface area contributed by atoms with Gasteiger partial charge in [0.2, 0.25) is 5.91 Å². The van der Waals surface area contributed by atoms with Gasteiger partial charge in [0.25, 0.3) is 0 Å². The SMILES string of the molecule is Cc1ccc(CNC(=O)[C@H]2Cc3ccccc3CN2)cn1. The Morgan fingerprint density at radius 3 is 2.86 bits per heavy atom. The monoisotopic (exact) mass is 281 g/mol. The van der Waals surface area contributed by atoms with Crippen LogP contribution in [-0.4, -0.2) is 16.9 Å². The van der Waals surface area contributed by atoms with E-state index < -0.39 is 0 Å². The summed E-state index contributed by atoms with van der Waals surface area (Å²) in [6.45, 7) is 3.22. The van der Waals surface area contributed by atoms with Crippen molar-refractivity contribution < 1.29 is 4.79 Å². The lowest BCUT2D eigenvalue weighted by Crippen LogP contribution is -2.47. The van der Waals surface area contributed by atoms with E-state index in [0.717, 1.165) is 24.2 Å². The highest BCUT2D eigenvalue weighted by Crippen LogP contribution is 2.16. The molecule has 4 heteroatoms. The largest absolute Gasteiger partial charge is 0.351 e. The van der Waals surface area contributed by atoms with E-state index in [0.29, 0.717) is 6.54 Å². The van der Waals surface area contributed by atoms with Crippen LogP contribution in [0, 0.1) is 6.92 Å². The number of nitrogens with zero attached hydrogens (tertiary/aromatic N) is 1. The van der Waals surface area contributed by atoms with Crippen LogP contribution in [0.25, 0.3) is 0 Å². The highest BCUT2D eigenvalue weighted by molar-refractivity contribution is 5.82. The van der Waals surface area contributed by atoms with Crippen LogP contribution in [0.2, 0.25) is 0 Å². The van der Waals surface area contributed by atoms with E-state index in [1.54, 1.807) is 6.20 Å². The first-order chi connectivity index (χ1) is 10.2. The van der Waals surface area contributed by atoms with Crippen LogP contribution in [-0.2, 0) is 24.3 Å². The Labute approximate surface area is 124 Å². The predicted molar refractivity (Wildman–Crippen MR) is 81.6 cm³/mol. The smallest absolute Gasteiger partial charge is 0.237 e. The van der Waals surface area contributed by atoms with Crippen molar-refractivity contribution in [3.8, 4) is 0 Å². The maximum Gasteiger partial charge on any atom is 0.237 e. The van der Waals surface area contributed by atoms with Crippen LogP contribution in [0.15, 0.2) is 42.6 Å². The molecule has 108 valence electrons. The minimum atomic E-state index is -0.154. The van der Waals surface area contributed by atoms with Crippen LogP contribution in [0.3, 0.4) is 0 Å². The molecule has 0 unspecified atom stereocenters. The van der Waals surface area contributed by atoms with Gasteiger partial charge in [0.15, 0.2) is 0 Å². The Hall–Kier alpha value is -2.20. The average molecular weight is 281 g/mol. The summed E-state index contributed by atoms with van der Waals surface area (Å²) in [5.74, 6) is 0.0464. The number of rotatable bonds is 3. The van der Waals surface area contributed by atoms with Crippen molar-refractivity contribution in [2.24, 2.45) is 0 Å². The van der Waals surface area contributed by atoms with Crippen molar-refractivity contribution in [2.45, 2.75) is 32.5 Å². The van der Waals surface area contributed by atoms with Gasteiger partial charge in [0.1, 0.15) is 0 Å². The van der Waals surface area contributed by atoms with Crippen LogP contribution < -0.4 is 10.6 Å². The van der Waals surface area contributed by atoms with Gasteiger partial charge in [0, 0.05) is 25.0 Å². The second-order valence-electron chi connectivity index (χ2n) is 5.43. The van der Waals surface area contributed by atoms with E-state index in [-0.39, 0.29) is 11.9 Å². The van der Waals surface area contributed by atoms with Crippen molar-refractivity contribution in [1.29, 1.82) is 0 Å². The van der Waals surface area contributed by atoms with Crippen LogP contribution in [0.4, 0.5) is 0 Å². The fourth-order valence-electron chi connectivity index (χ4n) is 2.56. The molecule has 0 fully saturated rings. The zero-order valence-corrected chi connectivity index (χ0v) is 12.1. The summed E-state index contributed by atoms with van der Waals surface area (Å²) >= 11 is 0. The molecule has 0 radical (unpaired) electrons. The molecule has 3 rings (SSSR count). The lowest BCUT2D eigenvalue weighted by molar-refractivity contribution is -0.123. The number of fused-ring (bicyclic) bond motifs is 1. The van der Waals surface area contributed by atoms with Crippen LogP contribution in [0.5, 0.6) is 0 Å². The number of carbonyl (C=O) groups excluding carboxylic acids is 1. The number of nitrogens with one attached hydrogen (secondary N) is 2. The topological polar surface area (TPSA) is 54.0 Å². The Morgan fingerprint density at radius 1 is 1.29 bits per heavy atom. The van der Waals surface area contributed by atoms with Gasteiger partial charge in [-0.05, 0) is 36.1 Å². The number of pyridine rings is 1. The molecule has 2 N–H and O–H groups in total. The molecule has 1 aliphatic rings. The van der Waals surface area contributed by atoms with Gasteiger partial charge in [-0.15, -0.1) is 0 Å². The minimum Gasteiger partial charge on any atom is -0.351 e. The van der Waals surface area contributed by atoms with E-state index in [4.69, 9.17) is 0 Å². The molecule has 0 aliphatic carbocycles. The molecule has 0 saturated heterocycles. The highest BCUT2D eigenvalue weighted by atomic mass is 16.2. The molecule has 0 spiro atoms. The van der Waals surface area contributed by atoms with E-state index in [1.165, 1.54) is 11.1 Å². The number of hydrogen-bond acceptors (Lipinski definition) is 3. The Bertz CT molecular complexity index is 637. The Kier molecular flexibility index (Phi) is 3.97. The molecule has 1 atom stereocenters. The van der Waals surface area contributed by atoms with Crippen LogP contribution in [0.1, 0.15) is 22.4 Å². The molecule has 1 aromatic heterocycles. The van der Waals surface area contributed by atoms with E-state index in [2.05, 4.69) is 27.8 Å². The summed E-state index contributed by atoms with van der Waals surface area (Å²) in [6.07, 6.45) is 2.55. The Balaban J connectivity index is 1.58. The molecular weight excluding hydrogens is 262 g/mol. The van der Waals surface area contributed by atoms with E-state index >= 15 is 0 Å². The number of amides is 1. The normalized spacial score (nSPS) is 17.1. The van der Waals surface area contributed by atoms with Gasteiger partial charge in [-0.3, -0.25) is 9.78 Å². The Morgan fingerprint density at radius 2 is 2.10 bits per heavy atom. The molecule has 1 aliphatic heterocycles. The summed E-state index contributed by atoms with van der Waals surface area (Å²) in [6, 6.07) is 12.1. The maximum absolute atomic E-state index is 12.3. The summed E-state index contributed by atoms with van der Waals surface area (Å²) < 4.78 is 0. The number of aryl methyl sites for hydroxylation is 1. The minimum absolute atomic E-state index is 0.0464. The second-order valence-corrected chi connectivity index (χ2v) is 5.43. The number of hydrogen-bond donors (Lipinski definition) is 2. The van der Waals surface area contributed by atoms with Crippen molar-refractivity contribution in [2.75, 3.05) is 0 Å². The van der Waals surface area contributed by atoms with Crippen LogP contribution >= 0.6 is 0 Å². The van der Waals surface area contributed by atoms with Crippen molar-refractivity contribution in [3.05, 3.63) is 65.0 Å². The van der Waals surface area contributed by atoms with Gasteiger partial charge < -0.3 is 10.6 Å². The number of aromatic nitrogens is 1. The standard InChI is InChI=1S/C17H19N3O/c1-12-6-7-13(9-18-12)10-20-17(21)16-8-14-4-2-3-5-15(14)11-19-16/h2-7,9,16,19H,8,10-11H2,1H3,(H,20,21)/t16-/m1/s1. The molecule has 0 bridgehead atoms. The van der Waals surface area contributed by atoms with Gasteiger partial charge >= 0.3 is 0 Å². The predicted octanol–water partition coefficient (Wildman–Crippen LogP) is 1.72. The first kappa shape index (κ1) is 13.8. The van der Waals surface area contributed by atoms with Crippen molar-refractivity contribution >= 4 is 5.91 Å². The van der Waals surface area contributed by atoms with Gasteiger partial charge in [-0.1, -0.05) is 30.3 Å². The van der Waals surface area contributed by atoms with Crippen molar-refractivity contribution in [1.82, 2.24) is 15.6 Å². The summed E-state index contributed by atoms with van der Waals surface area (Å²) in [5, 5.41) is 6.27. The lowest BCUT2D eigenvalue weighted by atomic mass is 9.95. The lowest BCUT2D eigenvalue weighted by Gasteiger charge is -2.25. The summed E-state index contributed by atoms with van der Waals surface area (Å²) in [7, 11) is 0. The zero-order chi connectivity index (χ0) is 14.7. The van der Waals surface area contributed by atoms with Crippen molar-refractivity contribution in [3.63, 3.8) is 0 Å². The first-order valence-corrected chi connectivity index (χ1v) is 7.22. The molecule has 2 aromatic rings. The molecule has 2 heterocycles. The molecule has 0 saturated carbocycles. The second kappa shape index (κ2) is 6.06. The first-order valence-electron chi connectivity index (χ1n) is 7.22. The number of benzene rings is 1. The third kappa shape index (κ3) is 3.28. The third-order valence-corrected chi connectivity index (χ3v) is 3.84. The third-order valence-electron chi connectivity index (χ3n) is 3.84. The van der Waals surface area contributed by atoms with Gasteiger partial charge in [0.05, 0.1) is 6.04 Å². The molecule has 21 heavy (non-hydrogen) atoms. The highest BCUT2D eigenvalue weighted by Gasteiger charge is 2.23. The maximum atomic E-state index is 12.3. The zero-order valence-electron chi connectivity index (χ0n) is 12.1. The quantitative estimate of drug-likeness (QED) is 0.900. The molecule has 1 aromatic carbocycles. The van der Waals surface area contributed by atoms with E-state index in [1.807, 2.05) is 31.2 Å². The molecule has 1 amide bonds. The van der Waals surface area contributed by atoms with E-state index in [9.17, 15) is 4.79 Å². The average Bonchev–Trinajstić information content (AvgIpc) is 2.53.